The van der Waals surface area contributed by atoms with E-state index in [-0.39, 0.29) is 0 Å². The molecule has 0 rings (SSSR count). The van der Waals surface area contributed by atoms with Gasteiger partial charge in [0.05, 0.1) is 0 Å². The lowest BCUT2D eigenvalue weighted by Crippen LogP contribution is -2.78. The molecule has 0 aromatic carbocycles. The first-order valence-electron chi connectivity index (χ1n) is 5.71. The molecule has 0 heterocycles. The van der Waals surface area contributed by atoms with E-state index in [1.807, 2.05) is 21.1 Å². The van der Waals surface area contributed by atoms with E-state index in [0.29, 0.717) is 0 Å². The van der Waals surface area contributed by atoms with Crippen LogP contribution in [0.15, 0.2) is 0 Å². The van der Waals surface area contributed by atoms with Crippen molar-refractivity contribution >= 4 is 16.8 Å². The lowest BCUT2D eigenvalue weighted by atomic mass is 10.5. The predicted octanol–water partition coefficient (Wildman–Crippen LogP) is 0.398. The smallest absolute Gasteiger partial charge is 0.303 e. The Labute approximate surface area is 96.9 Å². The Kier molecular flexibility index (Phi) is 6.89. The van der Waals surface area contributed by atoms with E-state index < -0.39 is 16.8 Å². The summed E-state index contributed by atoms with van der Waals surface area (Å²) in [6, 6.07) is 1.39. The van der Waals surface area contributed by atoms with E-state index >= 15 is 0 Å². The molecular weight excluding hydrogens is 220 g/mol. The molecule has 92 valence electrons. The molecule has 6 heteroatoms. The number of hydrogen-bond donors (Lipinski definition) is 4. The minimum absolute atomic E-state index is 0.870. The van der Waals surface area contributed by atoms with Gasteiger partial charge in [0.25, 0.3) is 0 Å². The third kappa shape index (κ3) is 6.44. The number of rotatable bonds is 8. The van der Waals surface area contributed by atoms with E-state index in [1.165, 1.54) is 12.5 Å². The van der Waals surface area contributed by atoms with E-state index in [2.05, 4.69) is 39.6 Å². The van der Waals surface area contributed by atoms with E-state index in [1.54, 1.807) is 0 Å². The van der Waals surface area contributed by atoms with Gasteiger partial charge in [-0.3, -0.25) is 0 Å². The zero-order valence-electron chi connectivity index (χ0n) is 11.1. The van der Waals surface area contributed by atoms with Gasteiger partial charge in [0.1, 0.15) is 0 Å². The topological polar surface area (TPSA) is 48.1 Å². The third-order valence-electron chi connectivity index (χ3n) is 2.62. The molecular formula is C9H28N4Si2. The fourth-order valence-electron chi connectivity index (χ4n) is 1.53. The summed E-state index contributed by atoms with van der Waals surface area (Å²) in [6.07, 6.45) is 1.27. The van der Waals surface area contributed by atoms with Crippen LogP contribution in [0.4, 0.5) is 0 Å². The van der Waals surface area contributed by atoms with Crippen LogP contribution in [0.3, 0.4) is 0 Å². The fourth-order valence-corrected chi connectivity index (χ4v) is 4.60. The summed E-state index contributed by atoms with van der Waals surface area (Å²) in [7, 11) is 3.30. The van der Waals surface area contributed by atoms with E-state index in [4.69, 9.17) is 0 Å². The second kappa shape index (κ2) is 6.77. The average Bonchev–Trinajstić information content (AvgIpc) is 2.18. The van der Waals surface area contributed by atoms with Gasteiger partial charge >= 0.3 is 8.72 Å². The van der Waals surface area contributed by atoms with Crippen LogP contribution in [-0.4, -0.2) is 44.5 Å². The third-order valence-corrected chi connectivity index (χ3v) is 7.50. The highest BCUT2D eigenvalue weighted by Crippen LogP contribution is 2.09. The van der Waals surface area contributed by atoms with Gasteiger partial charge in [-0.05, 0) is 34.1 Å². The van der Waals surface area contributed by atoms with Crippen molar-refractivity contribution in [3.05, 3.63) is 0 Å². The first-order chi connectivity index (χ1) is 6.89. The van der Waals surface area contributed by atoms with E-state index in [0.717, 1.165) is 6.54 Å². The van der Waals surface area contributed by atoms with Crippen molar-refractivity contribution in [2.24, 2.45) is 0 Å². The molecule has 0 atom stereocenters. The first-order valence-corrected chi connectivity index (χ1v) is 11.4. The maximum absolute atomic E-state index is 3.58. The molecule has 0 aromatic heterocycles. The van der Waals surface area contributed by atoms with Crippen molar-refractivity contribution in [3.63, 3.8) is 0 Å². The molecule has 0 spiro atoms. The summed E-state index contributed by atoms with van der Waals surface area (Å²) in [5, 5.41) is 0. The van der Waals surface area contributed by atoms with Crippen molar-refractivity contribution in [3.8, 4) is 0 Å². The second-order valence-corrected chi connectivity index (χ2v) is 14.1. The Hall–Kier alpha value is 0.274. The SMILES string of the molecule is CN[Si](NC)(NC)NCCC[Si](C)(C)C. The van der Waals surface area contributed by atoms with Crippen LogP contribution >= 0.6 is 0 Å². The van der Waals surface area contributed by atoms with Gasteiger partial charge in [-0.25, -0.2) is 0 Å². The molecule has 0 radical (unpaired) electrons. The van der Waals surface area contributed by atoms with Crippen molar-refractivity contribution < 1.29 is 0 Å². The molecule has 4 nitrogen and oxygen atoms in total. The van der Waals surface area contributed by atoms with Crippen LogP contribution in [0.25, 0.3) is 0 Å². The number of hydrogen-bond acceptors (Lipinski definition) is 4. The molecule has 0 aliphatic rings. The van der Waals surface area contributed by atoms with Gasteiger partial charge in [-0.2, -0.15) is 0 Å². The van der Waals surface area contributed by atoms with Crippen molar-refractivity contribution in [2.45, 2.75) is 32.1 Å². The minimum atomic E-state index is -1.80. The summed E-state index contributed by atoms with van der Waals surface area (Å²) in [6.45, 7) is 8.35. The van der Waals surface area contributed by atoms with Gasteiger partial charge in [0, 0.05) is 8.07 Å². The van der Waals surface area contributed by atoms with Crippen LogP contribution in [0, 0.1) is 0 Å². The highest BCUT2D eigenvalue weighted by molar-refractivity contribution is 6.76. The van der Waals surface area contributed by atoms with Crippen molar-refractivity contribution in [1.29, 1.82) is 0 Å². The number of nitrogens with one attached hydrogen (secondary N) is 4. The lowest BCUT2D eigenvalue weighted by Gasteiger charge is -2.30. The maximum Gasteiger partial charge on any atom is 0.365 e. The molecule has 0 saturated heterocycles. The molecule has 0 unspecified atom stereocenters. The summed E-state index contributed by atoms with van der Waals surface area (Å²) >= 11 is 0. The molecule has 0 aromatic rings. The normalized spacial score (nSPS) is 13.2. The lowest BCUT2D eigenvalue weighted by molar-refractivity contribution is 0.744. The van der Waals surface area contributed by atoms with E-state index in [9.17, 15) is 0 Å². The van der Waals surface area contributed by atoms with Gasteiger partial charge in [0.2, 0.25) is 0 Å². The quantitative estimate of drug-likeness (QED) is 0.371. The monoisotopic (exact) mass is 248 g/mol. The maximum atomic E-state index is 3.58. The molecule has 0 bridgehead atoms. The van der Waals surface area contributed by atoms with Gasteiger partial charge in [-0.1, -0.05) is 25.7 Å². The van der Waals surface area contributed by atoms with Crippen molar-refractivity contribution in [1.82, 2.24) is 19.9 Å². The van der Waals surface area contributed by atoms with Crippen LogP contribution in [0.1, 0.15) is 6.42 Å². The second-order valence-electron chi connectivity index (χ2n) is 5.09. The van der Waals surface area contributed by atoms with Crippen molar-refractivity contribution in [2.75, 3.05) is 27.7 Å². The standard InChI is InChI=1S/C9H28N4Si2/c1-10-15(11-2,12-3)13-8-7-9-14(4,5)6/h10-13H,7-9H2,1-6H3. The van der Waals surface area contributed by atoms with Crippen LogP contribution in [0.5, 0.6) is 0 Å². The highest BCUT2D eigenvalue weighted by Gasteiger charge is 2.28. The molecule has 4 N–H and O–H groups in total. The summed E-state index contributed by atoms with van der Waals surface area (Å²) in [5.41, 5.74) is 0. The summed E-state index contributed by atoms with van der Waals surface area (Å²) in [5.74, 6) is 0. The fraction of sp³-hybridized carbons (Fsp3) is 1.00. The Balaban J connectivity index is 3.82. The van der Waals surface area contributed by atoms with Crippen LogP contribution < -0.4 is 19.9 Å². The van der Waals surface area contributed by atoms with Gasteiger partial charge in [0.15, 0.2) is 0 Å². The minimum Gasteiger partial charge on any atom is -0.303 e. The average molecular weight is 249 g/mol. The van der Waals surface area contributed by atoms with Crippen LogP contribution in [0.2, 0.25) is 25.7 Å². The highest BCUT2D eigenvalue weighted by atomic mass is 28.4. The Bertz CT molecular complexity index is 158. The van der Waals surface area contributed by atoms with Gasteiger partial charge < -0.3 is 19.9 Å². The summed E-state index contributed by atoms with van der Waals surface area (Å²) in [4.78, 5) is 13.6. The molecule has 0 aliphatic carbocycles. The summed E-state index contributed by atoms with van der Waals surface area (Å²) < 4.78 is 0. The predicted molar refractivity (Wildman–Crippen MR) is 73.7 cm³/mol. The molecule has 0 aliphatic heterocycles. The Morgan fingerprint density at radius 3 is 1.67 bits per heavy atom. The zero-order valence-corrected chi connectivity index (χ0v) is 13.1. The Morgan fingerprint density at radius 2 is 1.33 bits per heavy atom. The largest absolute Gasteiger partial charge is 0.365 e. The molecule has 0 amide bonds. The molecule has 15 heavy (non-hydrogen) atoms. The van der Waals surface area contributed by atoms with Gasteiger partial charge in [-0.15, -0.1) is 0 Å². The molecule has 0 fully saturated rings. The molecule has 0 saturated carbocycles. The first kappa shape index (κ1) is 15.3. The van der Waals surface area contributed by atoms with Crippen LogP contribution in [-0.2, 0) is 0 Å². The Morgan fingerprint density at radius 1 is 0.867 bits per heavy atom. The zero-order chi connectivity index (χ0) is 11.9.